The molecule has 1 heterocycles. The van der Waals surface area contributed by atoms with Crippen LogP contribution in [0.1, 0.15) is 19.8 Å². The number of nitrogens with zero attached hydrogens (tertiary/aromatic N) is 1. The van der Waals surface area contributed by atoms with Crippen LogP contribution in [0.4, 0.5) is 5.69 Å². The third-order valence-electron chi connectivity index (χ3n) is 3.71. The number of ether oxygens (including phenoxy) is 1. The van der Waals surface area contributed by atoms with Gasteiger partial charge in [-0.2, -0.15) is 0 Å². The molecule has 0 radical (unpaired) electrons. The van der Waals surface area contributed by atoms with Crippen molar-refractivity contribution in [3.63, 3.8) is 0 Å². The van der Waals surface area contributed by atoms with Crippen molar-refractivity contribution in [1.29, 1.82) is 0 Å². The highest BCUT2D eigenvalue weighted by molar-refractivity contribution is 6.01. The Balaban J connectivity index is 2.17. The quantitative estimate of drug-likeness (QED) is 0.547. The van der Waals surface area contributed by atoms with Crippen molar-refractivity contribution in [2.45, 2.75) is 19.8 Å². The molecule has 1 aromatic heterocycles. The lowest BCUT2D eigenvalue weighted by molar-refractivity contribution is 0.417. The van der Waals surface area contributed by atoms with Crippen molar-refractivity contribution in [1.82, 2.24) is 4.98 Å². The van der Waals surface area contributed by atoms with Crippen LogP contribution in [0.2, 0.25) is 0 Å². The molecule has 0 aliphatic heterocycles. The molecule has 0 aliphatic rings. The molecular formula is C18H20N2O. The fourth-order valence-corrected chi connectivity index (χ4v) is 2.57. The van der Waals surface area contributed by atoms with E-state index in [1.807, 2.05) is 30.3 Å². The van der Waals surface area contributed by atoms with Crippen molar-refractivity contribution in [2.24, 2.45) is 0 Å². The monoisotopic (exact) mass is 280 g/mol. The summed E-state index contributed by atoms with van der Waals surface area (Å²) in [6, 6.07) is 14.4. The third kappa shape index (κ3) is 2.64. The van der Waals surface area contributed by atoms with E-state index in [0.717, 1.165) is 46.2 Å². The summed E-state index contributed by atoms with van der Waals surface area (Å²) in [6.45, 7) is 3.13. The molecule has 2 aromatic carbocycles. The second kappa shape index (κ2) is 6.00. The Morgan fingerprint density at radius 1 is 1.10 bits per heavy atom. The Morgan fingerprint density at radius 3 is 2.76 bits per heavy atom. The molecule has 21 heavy (non-hydrogen) atoms. The Bertz CT molecular complexity index is 768. The number of para-hydroxylation sites is 1. The maximum absolute atomic E-state index is 5.51. The maximum atomic E-state index is 5.51. The van der Waals surface area contributed by atoms with Crippen molar-refractivity contribution < 1.29 is 4.74 Å². The van der Waals surface area contributed by atoms with Gasteiger partial charge in [-0.25, -0.2) is 4.98 Å². The maximum Gasteiger partial charge on any atom is 0.142 e. The molecule has 3 nitrogen and oxygen atoms in total. The number of rotatable bonds is 5. The molecule has 0 saturated heterocycles. The van der Waals surface area contributed by atoms with E-state index in [1.54, 1.807) is 7.11 Å². The topological polar surface area (TPSA) is 34.1 Å². The molecule has 0 unspecified atom stereocenters. The van der Waals surface area contributed by atoms with Gasteiger partial charge in [0.2, 0.25) is 0 Å². The van der Waals surface area contributed by atoms with Crippen LogP contribution in [0.5, 0.6) is 5.75 Å². The van der Waals surface area contributed by atoms with E-state index in [0.29, 0.717) is 0 Å². The van der Waals surface area contributed by atoms with Gasteiger partial charge in [-0.3, -0.25) is 0 Å². The normalized spacial score (nSPS) is 11.0. The van der Waals surface area contributed by atoms with Gasteiger partial charge < -0.3 is 10.1 Å². The van der Waals surface area contributed by atoms with Crippen molar-refractivity contribution in [3.8, 4) is 5.75 Å². The molecule has 0 aliphatic carbocycles. The van der Waals surface area contributed by atoms with Crippen LogP contribution in [0, 0.1) is 0 Å². The minimum absolute atomic E-state index is 0.871. The second-order valence-electron chi connectivity index (χ2n) is 5.17. The number of pyridine rings is 1. The average molecular weight is 280 g/mol. The first kappa shape index (κ1) is 13.7. The Hall–Kier alpha value is -2.29. The summed E-state index contributed by atoms with van der Waals surface area (Å²) >= 11 is 0. The van der Waals surface area contributed by atoms with Crippen LogP contribution in [-0.4, -0.2) is 18.6 Å². The molecule has 3 heteroatoms. The van der Waals surface area contributed by atoms with Gasteiger partial charge in [0.1, 0.15) is 5.75 Å². The molecule has 0 amide bonds. The van der Waals surface area contributed by atoms with E-state index in [4.69, 9.17) is 9.72 Å². The van der Waals surface area contributed by atoms with Gasteiger partial charge in [-0.1, -0.05) is 31.5 Å². The largest absolute Gasteiger partial charge is 0.495 e. The van der Waals surface area contributed by atoms with E-state index >= 15 is 0 Å². The Morgan fingerprint density at radius 2 is 1.95 bits per heavy atom. The summed E-state index contributed by atoms with van der Waals surface area (Å²) in [7, 11) is 1.71. The highest BCUT2D eigenvalue weighted by Crippen LogP contribution is 2.34. The molecule has 1 N–H and O–H groups in total. The summed E-state index contributed by atoms with van der Waals surface area (Å²) in [5.74, 6) is 0.871. The molecule has 0 atom stereocenters. The summed E-state index contributed by atoms with van der Waals surface area (Å²) < 4.78 is 5.51. The highest BCUT2D eigenvalue weighted by atomic mass is 16.5. The zero-order valence-corrected chi connectivity index (χ0v) is 12.5. The number of methoxy groups -OCH3 is 1. The van der Waals surface area contributed by atoms with E-state index in [9.17, 15) is 0 Å². The smallest absolute Gasteiger partial charge is 0.142 e. The molecular weight excluding hydrogens is 260 g/mol. The summed E-state index contributed by atoms with van der Waals surface area (Å²) in [5, 5.41) is 5.77. The van der Waals surface area contributed by atoms with Crippen LogP contribution < -0.4 is 10.1 Å². The fourth-order valence-electron chi connectivity index (χ4n) is 2.57. The summed E-state index contributed by atoms with van der Waals surface area (Å²) in [4.78, 5) is 4.75. The van der Waals surface area contributed by atoms with Gasteiger partial charge in [0.05, 0.1) is 23.8 Å². The lowest BCUT2D eigenvalue weighted by Crippen LogP contribution is -2.03. The highest BCUT2D eigenvalue weighted by Gasteiger charge is 2.10. The van der Waals surface area contributed by atoms with E-state index < -0.39 is 0 Å². The summed E-state index contributed by atoms with van der Waals surface area (Å²) in [5.41, 5.74) is 3.06. The second-order valence-corrected chi connectivity index (χ2v) is 5.17. The van der Waals surface area contributed by atoms with E-state index in [2.05, 4.69) is 24.4 Å². The first-order chi connectivity index (χ1) is 10.3. The first-order valence-electron chi connectivity index (χ1n) is 7.44. The van der Waals surface area contributed by atoms with Crippen molar-refractivity contribution >= 4 is 27.5 Å². The van der Waals surface area contributed by atoms with Gasteiger partial charge in [0, 0.05) is 17.3 Å². The van der Waals surface area contributed by atoms with Gasteiger partial charge in [0.25, 0.3) is 0 Å². The fraction of sp³-hybridized carbons (Fsp3) is 0.278. The third-order valence-corrected chi connectivity index (χ3v) is 3.71. The Kier molecular flexibility index (Phi) is 3.91. The number of hydrogen-bond acceptors (Lipinski definition) is 3. The minimum Gasteiger partial charge on any atom is -0.495 e. The zero-order valence-electron chi connectivity index (χ0n) is 12.5. The van der Waals surface area contributed by atoms with Gasteiger partial charge in [-0.05, 0) is 30.7 Å². The number of unbranched alkanes of at least 4 members (excludes halogenated alkanes) is 1. The number of aromatic nitrogens is 1. The SMILES string of the molecule is CCCCNc1c(OC)ccc2nc3ccccc3cc12. The van der Waals surface area contributed by atoms with Crippen LogP contribution >= 0.6 is 0 Å². The lowest BCUT2D eigenvalue weighted by Gasteiger charge is -2.14. The molecule has 0 saturated carbocycles. The first-order valence-corrected chi connectivity index (χ1v) is 7.44. The van der Waals surface area contributed by atoms with Gasteiger partial charge >= 0.3 is 0 Å². The minimum atomic E-state index is 0.871. The number of nitrogens with one attached hydrogen (secondary N) is 1. The van der Waals surface area contributed by atoms with Gasteiger partial charge in [-0.15, -0.1) is 0 Å². The zero-order chi connectivity index (χ0) is 14.7. The molecule has 0 bridgehead atoms. The Labute approximate surface area is 125 Å². The number of hydrogen-bond donors (Lipinski definition) is 1. The number of anilines is 1. The molecule has 3 rings (SSSR count). The van der Waals surface area contributed by atoms with Crippen molar-refractivity contribution in [3.05, 3.63) is 42.5 Å². The molecule has 0 fully saturated rings. The van der Waals surface area contributed by atoms with E-state index in [-0.39, 0.29) is 0 Å². The van der Waals surface area contributed by atoms with Crippen LogP contribution in [0.3, 0.4) is 0 Å². The van der Waals surface area contributed by atoms with Crippen LogP contribution in [0.15, 0.2) is 42.5 Å². The predicted octanol–water partition coefficient (Wildman–Crippen LogP) is 4.61. The molecule has 0 spiro atoms. The molecule has 108 valence electrons. The number of fused-ring (bicyclic) bond motifs is 2. The average Bonchev–Trinajstić information content (AvgIpc) is 2.53. The lowest BCUT2D eigenvalue weighted by atomic mass is 10.1. The van der Waals surface area contributed by atoms with Crippen molar-refractivity contribution in [2.75, 3.05) is 19.0 Å². The standard InChI is InChI=1S/C18H20N2O/c1-3-4-11-19-18-14-12-13-7-5-6-8-15(13)20-16(14)9-10-17(18)21-2/h5-10,12,19H,3-4,11H2,1-2H3. The van der Waals surface area contributed by atoms with Crippen LogP contribution in [-0.2, 0) is 0 Å². The van der Waals surface area contributed by atoms with Gasteiger partial charge in [0.15, 0.2) is 0 Å². The summed E-state index contributed by atoms with van der Waals surface area (Å²) in [6.07, 6.45) is 2.31. The van der Waals surface area contributed by atoms with E-state index in [1.165, 1.54) is 6.42 Å². The molecule has 3 aromatic rings. The predicted molar refractivity (Wildman–Crippen MR) is 89.2 cm³/mol. The van der Waals surface area contributed by atoms with Crippen LogP contribution in [0.25, 0.3) is 21.8 Å². The number of benzene rings is 2.